The van der Waals surface area contributed by atoms with Crippen LogP contribution in [0.1, 0.15) is 0 Å². The van der Waals surface area contributed by atoms with E-state index >= 15 is 0 Å². The molecule has 0 atom stereocenters. The fourth-order valence-corrected chi connectivity index (χ4v) is 3.20. The molecule has 5 rings (SSSR count). The summed E-state index contributed by atoms with van der Waals surface area (Å²) < 4.78 is 7.64. The van der Waals surface area contributed by atoms with E-state index in [1.165, 1.54) is 4.90 Å². The molecule has 9 heteroatoms. The molecule has 0 saturated carbocycles. The molecule has 1 aliphatic rings. The van der Waals surface area contributed by atoms with Crippen molar-refractivity contribution in [2.75, 3.05) is 13.1 Å². The summed E-state index contributed by atoms with van der Waals surface area (Å²) in [6.07, 6.45) is 2.41. The molecule has 1 saturated heterocycles. The second kappa shape index (κ2) is 6.08. The van der Waals surface area contributed by atoms with E-state index in [1.807, 2.05) is 28.8 Å². The van der Waals surface area contributed by atoms with Gasteiger partial charge in [-0.2, -0.15) is 4.98 Å². The predicted molar refractivity (Wildman–Crippen MR) is 99.4 cm³/mol. The van der Waals surface area contributed by atoms with Gasteiger partial charge in [0.15, 0.2) is 5.82 Å². The van der Waals surface area contributed by atoms with Crippen LogP contribution < -0.4 is 4.74 Å². The number of aromatic nitrogens is 4. The van der Waals surface area contributed by atoms with Crippen LogP contribution in [0.5, 0.6) is 11.6 Å². The number of carboxylic acid groups (broad SMARTS) is 1. The van der Waals surface area contributed by atoms with Crippen LogP contribution in [0.4, 0.5) is 4.79 Å². The number of amides is 1. The highest BCUT2D eigenvalue weighted by molar-refractivity contribution is 5.86. The lowest BCUT2D eigenvalue weighted by molar-refractivity contribution is 0.0253. The van der Waals surface area contributed by atoms with Crippen LogP contribution in [0, 0.1) is 0 Å². The number of carbonyl (C=O) groups is 1. The molecule has 0 radical (unpaired) electrons. The highest BCUT2D eigenvalue weighted by Gasteiger charge is 2.32. The molecule has 2 N–H and O–H groups in total. The normalized spacial score (nSPS) is 14.4. The number of benzene rings is 1. The SMILES string of the molecule is O=C(O)N1CC(Oc2ccc3nc(-c4cc5cccn5cn4)nc(O)c3c2)C1. The standard InChI is InChI=1S/C19H15N5O4/c25-18-14-7-12(28-13-8-24(9-13)19(26)27)3-4-15(14)21-17(22-18)16-6-11-2-1-5-23(11)10-20-16/h1-7,10,13H,8-9H2,(H,26,27)(H,21,22,25). The number of aromatic hydroxyl groups is 1. The van der Waals surface area contributed by atoms with Crippen LogP contribution in [-0.2, 0) is 0 Å². The minimum absolute atomic E-state index is 0.164. The Morgan fingerprint density at radius 3 is 2.86 bits per heavy atom. The Balaban J connectivity index is 1.44. The van der Waals surface area contributed by atoms with Crippen LogP contribution in [0.2, 0.25) is 0 Å². The summed E-state index contributed by atoms with van der Waals surface area (Å²) in [6.45, 7) is 0.644. The maximum atomic E-state index is 10.8. The van der Waals surface area contributed by atoms with Gasteiger partial charge in [-0.3, -0.25) is 0 Å². The summed E-state index contributed by atoms with van der Waals surface area (Å²) in [4.78, 5) is 25.1. The molecular weight excluding hydrogens is 362 g/mol. The summed E-state index contributed by atoms with van der Waals surface area (Å²) in [5.74, 6) is 0.698. The molecule has 1 fully saturated rings. The Hall–Kier alpha value is -3.88. The maximum absolute atomic E-state index is 10.8. The first-order valence-electron chi connectivity index (χ1n) is 8.65. The van der Waals surface area contributed by atoms with Crippen LogP contribution in [0.15, 0.2) is 48.9 Å². The van der Waals surface area contributed by atoms with E-state index in [-0.39, 0.29) is 12.0 Å². The van der Waals surface area contributed by atoms with E-state index in [2.05, 4.69) is 15.0 Å². The minimum Gasteiger partial charge on any atom is -0.493 e. The number of fused-ring (bicyclic) bond motifs is 2. The number of likely N-dealkylation sites (tertiary alicyclic amines) is 1. The van der Waals surface area contributed by atoms with Crippen LogP contribution >= 0.6 is 0 Å². The molecule has 0 unspecified atom stereocenters. The van der Waals surface area contributed by atoms with Gasteiger partial charge in [0.05, 0.1) is 30.3 Å². The molecule has 28 heavy (non-hydrogen) atoms. The molecule has 4 heterocycles. The van der Waals surface area contributed by atoms with E-state index in [9.17, 15) is 9.90 Å². The van der Waals surface area contributed by atoms with E-state index in [4.69, 9.17) is 9.84 Å². The van der Waals surface area contributed by atoms with Gasteiger partial charge >= 0.3 is 6.09 Å². The van der Waals surface area contributed by atoms with E-state index < -0.39 is 6.09 Å². The summed E-state index contributed by atoms with van der Waals surface area (Å²) >= 11 is 0. The topological polar surface area (TPSA) is 113 Å². The molecule has 0 spiro atoms. The Bertz CT molecular complexity index is 1220. The second-order valence-corrected chi connectivity index (χ2v) is 6.59. The monoisotopic (exact) mass is 377 g/mol. The molecule has 1 aromatic carbocycles. The zero-order chi connectivity index (χ0) is 19.3. The van der Waals surface area contributed by atoms with Crippen LogP contribution in [0.3, 0.4) is 0 Å². The first-order valence-corrected chi connectivity index (χ1v) is 8.65. The van der Waals surface area contributed by atoms with Crippen molar-refractivity contribution in [3.8, 4) is 23.1 Å². The maximum Gasteiger partial charge on any atom is 0.407 e. The molecular formula is C19H15N5O4. The summed E-state index contributed by atoms with van der Waals surface area (Å²) in [5, 5.41) is 19.7. The van der Waals surface area contributed by atoms with Crippen molar-refractivity contribution in [3.05, 3.63) is 48.9 Å². The van der Waals surface area contributed by atoms with Gasteiger partial charge in [0, 0.05) is 11.7 Å². The molecule has 1 aliphatic heterocycles. The molecule has 9 nitrogen and oxygen atoms in total. The lowest BCUT2D eigenvalue weighted by Gasteiger charge is -2.36. The van der Waals surface area contributed by atoms with E-state index in [0.29, 0.717) is 41.3 Å². The van der Waals surface area contributed by atoms with Gasteiger partial charge in [-0.05, 0) is 36.4 Å². The molecule has 140 valence electrons. The van der Waals surface area contributed by atoms with Gasteiger partial charge in [0.25, 0.3) is 0 Å². The molecule has 3 aromatic heterocycles. The fourth-order valence-electron chi connectivity index (χ4n) is 3.20. The summed E-state index contributed by atoms with van der Waals surface area (Å²) in [5.41, 5.74) is 2.08. The Kier molecular flexibility index (Phi) is 3.54. The van der Waals surface area contributed by atoms with Gasteiger partial charge in [-0.25, -0.2) is 14.8 Å². The number of hydrogen-bond donors (Lipinski definition) is 2. The molecule has 1 amide bonds. The first kappa shape index (κ1) is 16.3. The number of rotatable bonds is 3. The van der Waals surface area contributed by atoms with Crippen molar-refractivity contribution in [2.24, 2.45) is 0 Å². The predicted octanol–water partition coefficient (Wildman–Crippen LogP) is 2.39. The Labute approximate surface area is 158 Å². The second-order valence-electron chi connectivity index (χ2n) is 6.59. The van der Waals surface area contributed by atoms with Crippen molar-refractivity contribution in [3.63, 3.8) is 0 Å². The van der Waals surface area contributed by atoms with Crippen molar-refractivity contribution in [2.45, 2.75) is 6.10 Å². The highest BCUT2D eigenvalue weighted by atomic mass is 16.5. The quantitative estimate of drug-likeness (QED) is 0.563. The number of nitrogens with zero attached hydrogens (tertiary/aromatic N) is 5. The van der Waals surface area contributed by atoms with Gasteiger partial charge in [-0.1, -0.05) is 0 Å². The van der Waals surface area contributed by atoms with Crippen LogP contribution in [0.25, 0.3) is 27.9 Å². The third-order valence-electron chi connectivity index (χ3n) is 4.72. The lowest BCUT2D eigenvalue weighted by atomic mass is 10.1. The van der Waals surface area contributed by atoms with Crippen molar-refractivity contribution in [1.82, 2.24) is 24.3 Å². The third-order valence-corrected chi connectivity index (χ3v) is 4.72. The van der Waals surface area contributed by atoms with Gasteiger partial charge in [0.1, 0.15) is 17.5 Å². The molecule has 0 aliphatic carbocycles. The van der Waals surface area contributed by atoms with Gasteiger partial charge < -0.3 is 24.3 Å². The fraction of sp³-hybridized carbons (Fsp3) is 0.158. The van der Waals surface area contributed by atoms with Crippen molar-refractivity contribution in [1.29, 1.82) is 0 Å². The van der Waals surface area contributed by atoms with Crippen LogP contribution in [-0.4, -0.2) is 59.8 Å². The molecule has 0 bridgehead atoms. The highest BCUT2D eigenvalue weighted by Crippen LogP contribution is 2.29. The molecule has 4 aromatic rings. The summed E-state index contributed by atoms with van der Waals surface area (Å²) in [7, 11) is 0. The average molecular weight is 377 g/mol. The number of ether oxygens (including phenoxy) is 1. The smallest absolute Gasteiger partial charge is 0.407 e. The van der Waals surface area contributed by atoms with Gasteiger partial charge in [0.2, 0.25) is 5.88 Å². The third kappa shape index (κ3) is 2.73. The number of hydrogen-bond acceptors (Lipinski definition) is 6. The zero-order valence-corrected chi connectivity index (χ0v) is 14.6. The zero-order valence-electron chi connectivity index (χ0n) is 14.6. The van der Waals surface area contributed by atoms with E-state index in [0.717, 1.165) is 5.52 Å². The summed E-state index contributed by atoms with van der Waals surface area (Å²) in [6, 6.07) is 10.8. The minimum atomic E-state index is -0.955. The van der Waals surface area contributed by atoms with Crippen molar-refractivity contribution >= 4 is 22.5 Å². The lowest BCUT2D eigenvalue weighted by Crippen LogP contribution is -2.55. The Morgan fingerprint density at radius 1 is 1.18 bits per heavy atom. The van der Waals surface area contributed by atoms with E-state index in [1.54, 1.807) is 24.5 Å². The average Bonchev–Trinajstić information content (AvgIpc) is 3.12. The Morgan fingerprint density at radius 2 is 2.04 bits per heavy atom. The first-order chi connectivity index (χ1) is 13.6. The van der Waals surface area contributed by atoms with Gasteiger partial charge in [-0.15, -0.1) is 0 Å². The van der Waals surface area contributed by atoms with Crippen molar-refractivity contribution < 1.29 is 19.7 Å². The largest absolute Gasteiger partial charge is 0.493 e.